The Kier molecular flexibility index (Phi) is 3.55. The van der Waals surface area contributed by atoms with E-state index in [-0.39, 0.29) is 6.04 Å². The lowest BCUT2D eigenvalue weighted by Crippen LogP contribution is -2.24. The number of benzene rings is 1. The van der Waals surface area contributed by atoms with Crippen molar-refractivity contribution in [3.63, 3.8) is 0 Å². The number of rotatable bonds is 3. The minimum Gasteiger partial charge on any atom is -0.381 e. The first kappa shape index (κ1) is 12.7. The molecule has 1 aliphatic heterocycles. The highest BCUT2D eigenvalue weighted by Gasteiger charge is 2.26. The van der Waals surface area contributed by atoms with Gasteiger partial charge in [0.15, 0.2) is 0 Å². The number of nitrogens with two attached hydrogens (primary N) is 1. The molecule has 4 nitrogen and oxygen atoms in total. The molecule has 1 aromatic carbocycles. The van der Waals surface area contributed by atoms with E-state index in [1.54, 1.807) is 6.33 Å². The number of aromatic nitrogens is 2. The van der Waals surface area contributed by atoms with Crippen molar-refractivity contribution in [3.05, 3.63) is 47.5 Å². The van der Waals surface area contributed by atoms with Gasteiger partial charge in [-0.05, 0) is 18.6 Å². The Labute approximate surface area is 117 Å². The van der Waals surface area contributed by atoms with Gasteiger partial charge in [0.2, 0.25) is 0 Å². The van der Waals surface area contributed by atoms with E-state index in [4.69, 9.17) is 22.1 Å². The average Bonchev–Trinajstić information content (AvgIpc) is 3.10. The van der Waals surface area contributed by atoms with E-state index in [0.29, 0.717) is 10.9 Å². The van der Waals surface area contributed by atoms with Crippen LogP contribution < -0.4 is 5.73 Å². The molecular formula is C14H16ClN3O. The highest BCUT2D eigenvalue weighted by molar-refractivity contribution is 6.32. The summed E-state index contributed by atoms with van der Waals surface area (Å²) in [5, 5.41) is 0.691. The summed E-state index contributed by atoms with van der Waals surface area (Å²) in [7, 11) is 0. The third-order valence-electron chi connectivity index (χ3n) is 3.59. The molecule has 3 rings (SSSR count). The first-order valence-corrected chi connectivity index (χ1v) is 6.75. The van der Waals surface area contributed by atoms with Gasteiger partial charge in [0, 0.05) is 12.5 Å². The van der Waals surface area contributed by atoms with Crippen molar-refractivity contribution >= 4 is 11.6 Å². The highest BCUT2D eigenvalue weighted by Crippen LogP contribution is 2.29. The lowest BCUT2D eigenvalue weighted by Gasteiger charge is -2.19. The Balaban J connectivity index is 1.96. The third-order valence-corrected chi connectivity index (χ3v) is 3.91. The van der Waals surface area contributed by atoms with Crippen molar-refractivity contribution in [2.75, 3.05) is 13.2 Å². The highest BCUT2D eigenvalue weighted by atomic mass is 35.5. The zero-order chi connectivity index (χ0) is 13.2. The summed E-state index contributed by atoms with van der Waals surface area (Å²) in [6.45, 7) is 1.51. The Hall–Kier alpha value is -1.36. The van der Waals surface area contributed by atoms with E-state index in [0.717, 1.165) is 31.0 Å². The van der Waals surface area contributed by atoms with Crippen LogP contribution >= 0.6 is 11.6 Å². The van der Waals surface area contributed by atoms with Gasteiger partial charge in [-0.2, -0.15) is 0 Å². The topological polar surface area (TPSA) is 53.1 Å². The van der Waals surface area contributed by atoms with Crippen LogP contribution in [0.1, 0.15) is 18.2 Å². The molecule has 0 spiro atoms. The number of hydrogen-bond acceptors (Lipinski definition) is 3. The smallest absolute Gasteiger partial charge is 0.0995 e. The molecular weight excluding hydrogens is 262 g/mol. The number of halogens is 1. The van der Waals surface area contributed by atoms with Crippen LogP contribution in [0.2, 0.25) is 5.02 Å². The minimum atomic E-state index is -0.0822. The van der Waals surface area contributed by atoms with Crippen LogP contribution in [0.15, 0.2) is 36.8 Å². The van der Waals surface area contributed by atoms with Gasteiger partial charge in [-0.3, -0.25) is 0 Å². The van der Waals surface area contributed by atoms with Crippen LogP contribution in [0.4, 0.5) is 0 Å². The molecule has 2 N–H and O–H groups in total. The van der Waals surface area contributed by atoms with Gasteiger partial charge in [-0.1, -0.05) is 23.7 Å². The molecule has 2 unspecified atom stereocenters. The van der Waals surface area contributed by atoms with E-state index < -0.39 is 0 Å². The Morgan fingerprint density at radius 2 is 2.26 bits per heavy atom. The Morgan fingerprint density at radius 1 is 1.42 bits per heavy atom. The quantitative estimate of drug-likeness (QED) is 0.938. The SMILES string of the molecule is NC(c1cncn1-c1ccccc1Cl)C1CCOC1. The van der Waals surface area contributed by atoms with E-state index >= 15 is 0 Å². The van der Waals surface area contributed by atoms with E-state index in [2.05, 4.69) is 4.98 Å². The molecule has 2 heterocycles. The number of imidazole rings is 1. The summed E-state index contributed by atoms with van der Waals surface area (Å²) in [6, 6.07) is 7.61. The molecule has 1 saturated heterocycles. The maximum absolute atomic E-state index is 6.35. The van der Waals surface area contributed by atoms with Gasteiger partial charge in [0.25, 0.3) is 0 Å². The van der Waals surface area contributed by atoms with Crippen molar-refractivity contribution in [2.45, 2.75) is 12.5 Å². The van der Waals surface area contributed by atoms with E-state index in [1.165, 1.54) is 0 Å². The van der Waals surface area contributed by atoms with Gasteiger partial charge in [0.1, 0.15) is 0 Å². The monoisotopic (exact) mass is 277 g/mol. The number of hydrogen-bond donors (Lipinski definition) is 1. The first-order valence-electron chi connectivity index (χ1n) is 6.38. The number of ether oxygens (including phenoxy) is 1. The van der Waals surface area contributed by atoms with Crippen LogP contribution in [0, 0.1) is 5.92 Å². The summed E-state index contributed by atoms with van der Waals surface area (Å²) < 4.78 is 7.37. The van der Waals surface area contributed by atoms with Crippen LogP contribution in [0.25, 0.3) is 5.69 Å². The van der Waals surface area contributed by atoms with Crippen molar-refractivity contribution in [1.29, 1.82) is 0 Å². The maximum atomic E-state index is 6.35. The van der Waals surface area contributed by atoms with Crippen molar-refractivity contribution < 1.29 is 4.74 Å². The first-order chi connectivity index (χ1) is 9.27. The minimum absolute atomic E-state index is 0.0822. The van der Waals surface area contributed by atoms with Crippen LogP contribution in [-0.2, 0) is 4.74 Å². The van der Waals surface area contributed by atoms with Gasteiger partial charge in [-0.15, -0.1) is 0 Å². The molecule has 1 fully saturated rings. The second kappa shape index (κ2) is 5.33. The second-order valence-corrected chi connectivity index (χ2v) is 5.20. The molecule has 2 atom stereocenters. The molecule has 19 heavy (non-hydrogen) atoms. The summed E-state index contributed by atoms with van der Waals surface area (Å²) >= 11 is 6.24. The zero-order valence-electron chi connectivity index (χ0n) is 10.5. The van der Waals surface area contributed by atoms with Gasteiger partial charge in [-0.25, -0.2) is 4.98 Å². The van der Waals surface area contributed by atoms with Gasteiger partial charge >= 0.3 is 0 Å². The maximum Gasteiger partial charge on any atom is 0.0995 e. The van der Waals surface area contributed by atoms with Crippen LogP contribution in [0.3, 0.4) is 0 Å². The number of nitrogens with zero attached hydrogens (tertiary/aromatic N) is 2. The predicted octanol–water partition coefficient (Wildman–Crippen LogP) is 2.56. The fourth-order valence-electron chi connectivity index (χ4n) is 2.48. The molecule has 100 valence electrons. The lowest BCUT2D eigenvalue weighted by molar-refractivity contribution is 0.180. The van der Waals surface area contributed by atoms with E-state index in [1.807, 2.05) is 35.0 Å². The fraction of sp³-hybridized carbons (Fsp3) is 0.357. The Bertz CT molecular complexity index is 563. The Morgan fingerprint density at radius 3 is 3.00 bits per heavy atom. The van der Waals surface area contributed by atoms with Crippen molar-refractivity contribution in [1.82, 2.24) is 9.55 Å². The largest absolute Gasteiger partial charge is 0.381 e. The molecule has 0 radical (unpaired) electrons. The summed E-state index contributed by atoms with van der Waals surface area (Å²) in [6.07, 6.45) is 4.56. The van der Waals surface area contributed by atoms with Gasteiger partial charge in [0.05, 0.1) is 41.6 Å². The van der Waals surface area contributed by atoms with Crippen LogP contribution in [-0.4, -0.2) is 22.8 Å². The second-order valence-electron chi connectivity index (χ2n) is 4.79. The van der Waals surface area contributed by atoms with Crippen molar-refractivity contribution in [3.8, 4) is 5.69 Å². The molecule has 0 bridgehead atoms. The molecule has 0 saturated carbocycles. The van der Waals surface area contributed by atoms with Crippen molar-refractivity contribution in [2.24, 2.45) is 11.7 Å². The van der Waals surface area contributed by atoms with E-state index in [9.17, 15) is 0 Å². The summed E-state index contributed by atoms with van der Waals surface area (Å²) in [5.41, 5.74) is 8.23. The summed E-state index contributed by atoms with van der Waals surface area (Å²) in [5.74, 6) is 0.345. The predicted molar refractivity (Wildman–Crippen MR) is 74.4 cm³/mol. The van der Waals surface area contributed by atoms with Crippen LogP contribution in [0.5, 0.6) is 0 Å². The molecule has 1 aromatic heterocycles. The molecule has 2 aromatic rings. The van der Waals surface area contributed by atoms with Gasteiger partial charge < -0.3 is 15.0 Å². The average molecular weight is 278 g/mol. The molecule has 1 aliphatic rings. The lowest BCUT2D eigenvalue weighted by atomic mass is 9.97. The molecule has 5 heteroatoms. The third kappa shape index (κ3) is 2.39. The molecule has 0 aliphatic carbocycles. The zero-order valence-corrected chi connectivity index (χ0v) is 11.3. The standard InChI is InChI=1S/C14H16ClN3O/c15-11-3-1-2-4-12(11)18-9-17-7-13(18)14(16)10-5-6-19-8-10/h1-4,7,9-10,14H,5-6,8,16H2. The number of para-hydroxylation sites is 1. The normalized spacial score (nSPS) is 20.6. The fourth-order valence-corrected chi connectivity index (χ4v) is 2.70. The molecule has 0 amide bonds. The summed E-state index contributed by atoms with van der Waals surface area (Å²) in [4.78, 5) is 4.22.